The van der Waals surface area contributed by atoms with Crippen LogP contribution in [0.3, 0.4) is 0 Å². The number of aliphatic hydroxyl groups is 1. The summed E-state index contributed by atoms with van der Waals surface area (Å²) in [7, 11) is 0. The van der Waals surface area contributed by atoms with Crippen LogP contribution in [0.4, 0.5) is 0 Å². The standard InChI is InChI=1S/C20H24N2O4/c23-13-7-12-22(15-18(24)21-14-19(25)26)20(16-8-3-1-4-9-16)17-10-5-2-6-11-17/h1-6,8-11,20,23H,7,12-15H2,(H,21,24)(H,25,26). The van der Waals surface area contributed by atoms with Gasteiger partial charge in [0.05, 0.1) is 12.6 Å². The maximum absolute atomic E-state index is 12.2. The predicted octanol–water partition coefficient (Wildman–Crippen LogP) is 1.66. The van der Waals surface area contributed by atoms with Gasteiger partial charge < -0.3 is 15.5 Å². The van der Waals surface area contributed by atoms with Crippen molar-refractivity contribution in [1.29, 1.82) is 0 Å². The smallest absolute Gasteiger partial charge is 0.322 e. The molecule has 0 aromatic heterocycles. The second-order valence-electron chi connectivity index (χ2n) is 5.94. The van der Waals surface area contributed by atoms with E-state index in [4.69, 9.17) is 5.11 Å². The summed E-state index contributed by atoms with van der Waals surface area (Å²) in [6, 6.07) is 19.5. The van der Waals surface area contributed by atoms with Crippen LogP contribution >= 0.6 is 0 Å². The van der Waals surface area contributed by atoms with Crippen LogP contribution in [0.1, 0.15) is 23.6 Å². The Bertz CT molecular complexity index is 652. The molecule has 0 aliphatic rings. The van der Waals surface area contributed by atoms with Crippen molar-refractivity contribution in [3.8, 4) is 0 Å². The number of nitrogens with one attached hydrogen (secondary N) is 1. The SMILES string of the molecule is O=C(O)CNC(=O)CN(CCCO)C(c1ccccc1)c1ccccc1. The van der Waals surface area contributed by atoms with Crippen molar-refractivity contribution in [2.75, 3.05) is 26.2 Å². The van der Waals surface area contributed by atoms with Gasteiger partial charge in [-0.1, -0.05) is 60.7 Å². The number of hydrogen-bond donors (Lipinski definition) is 3. The molecule has 0 unspecified atom stereocenters. The fraction of sp³-hybridized carbons (Fsp3) is 0.300. The van der Waals surface area contributed by atoms with E-state index >= 15 is 0 Å². The van der Waals surface area contributed by atoms with Crippen LogP contribution in [-0.2, 0) is 9.59 Å². The molecule has 0 bridgehead atoms. The number of amides is 1. The van der Waals surface area contributed by atoms with E-state index in [1.807, 2.05) is 65.6 Å². The Hall–Kier alpha value is -2.70. The Morgan fingerprint density at radius 1 is 0.962 bits per heavy atom. The van der Waals surface area contributed by atoms with Gasteiger partial charge >= 0.3 is 5.97 Å². The Kier molecular flexibility index (Phi) is 7.79. The van der Waals surface area contributed by atoms with E-state index in [0.717, 1.165) is 11.1 Å². The molecule has 0 saturated heterocycles. The summed E-state index contributed by atoms with van der Waals surface area (Å²) >= 11 is 0. The Morgan fingerprint density at radius 3 is 1.96 bits per heavy atom. The maximum atomic E-state index is 12.2. The van der Waals surface area contributed by atoms with E-state index in [1.54, 1.807) is 0 Å². The molecule has 0 atom stereocenters. The molecular weight excluding hydrogens is 332 g/mol. The van der Waals surface area contributed by atoms with E-state index in [-0.39, 0.29) is 25.1 Å². The van der Waals surface area contributed by atoms with Crippen molar-refractivity contribution >= 4 is 11.9 Å². The van der Waals surface area contributed by atoms with Gasteiger partial charge in [0.2, 0.25) is 5.91 Å². The van der Waals surface area contributed by atoms with Gasteiger partial charge in [0.15, 0.2) is 0 Å². The Labute approximate surface area is 153 Å². The molecule has 0 aliphatic carbocycles. The molecule has 2 aromatic carbocycles. The molecule has 6 heteroatoms. The summed E-state index contributed by atoms with van der Waals surface area (Å²) in [5.74, 6) is -1.44. The molecule has 0 radical (unpaired) electrons. The molecule has 6 nitrogen and oxygen atoms in total. The van der Waals surface area contributed by atoms with Crippen LogP contribution in [0, 0.1) is 0 Å². The van der Waals surface area contributed by atoms with Crippen molar-refractivity contribution in [3.05, 3.63) is 71.8 Å². The average molecular weight is 356 g/mol. The largest absolute Gasteiger partial charge is 0.480 e. The average Bonchev–Trinajstić information content (AvgIpc) is 2.66. The molecular formula is C20H24N2O4. The minimum absolute atomic E-state index is 0.0174. The minimum Gasteiger partial charge on any atom is -0.480 e. The molecule has 2 aromatic rings. The van der Waals surface area contributed by atoms with Crippen molar-refractivity contribution < 1.29 is 19.8 Å². The molecule has 0 spiro atoms. The van der Waals surface area contributed by atoms with Gasteiger partial charge in [-0.05, 0) is 17.5 Å². The third-order valence-corrected chi connectivity index (χ3v) is 3.98. The first-order valence-corrected chi connectivity index (χ1v) is 8.55. The van der Waals surface area contributed by atoms with Gasteiger partial charge in [0.1, 0.15) is 6.54 Å². The second-order valence-corrected chi connectivity index (χ2v) is 5.94. The molecule has 1 amide bonds. The Morgan fingerprint density at radius 2 is 1.50 bits per heavy atom. The highest BCUT2D eigenvalue weighted by atomic mass is 16.4. The monoisotopic (exact) mass is 356 g/mol. The molecule has 26 heavy (non-hydrogen) atoms. The number of carboxylic acid groups (broad SMARTS) is 1. The quantitative estimate of drug-likeness (QED) is 0.602. The summed E-state index contributed by atoms with van der Waals surface area (Å²) in [5, 5.41) is 20.4. The summed E-state index contributed by atoms with van der Waals surface area (Å²) in [6.07, 6.45) is 0.516. The van der Waals surface area contributed by atoms with E-state index in [2.05, 4.69) is 5.32 Å². The van der Waals surface area contributed by atoms with Gasteiger partial charge in [-0.3, -0.25) is 14.5 Å². The lowest BCUT2D eigenvalue weighted by Crippen LogP contribution is -2.41. The first-order chi connectivity index (χ1) is 12.6. The fourth-order valence-corrected chi connectivity index (χ4v) is 2.87. The van der Waals surface area contributed by atoms with Crippen molar-refractivity contribution in [3.63, 3.8) is 0 Å². The van der Waals surface area contributed by atoms with Crippen molar-refractivity contribution in [2.45, 2.75) is 12.5 Å². The topological polar surface area (TPSA) is 89.9 Å². The zero-order valence-corrected chi connectivity index (χ0v) is 14.5. The number of carboxylic acids is 1. The first kappa shape index (κ1) is 19.6. The third kappa shape index (κ3) is 5.98. The normalized spacial score (nSPS) is 10.9. The maximum Gasteiger partial charge on any atom is 0.322 e. The fourth-order valence-electron chi connectivity index (χ4n) is 2.87. The number of carbonyl (C=O) groups excluding carboxylic acids is 1. The molecule has 3 N–H and O–H groups in total. The van der Waals surface area contributed by atoms with E-state index in [1.165, 1.54) is 0 Å². The zero-order chi connectivity index (χ0) is 18.8. The lowest BCUT2D eigenvalue weighted by Gasteiger charge is -2.32. The van der Waals surface area contributed by atoms with Gasteiger partial charge in [-0.2, -0.15) is 0 Å². The van der Waals surface area contributed by atoms with Crippen molar-refractivity contribution in [2.24, 2.45) is 0 Å². The van der Waals surface area contributed by atoms with Crippen LogP contribution in [0.15, 0.2) is 60.7 Å². The van der Waals surface area contributed by atoms with E-state index in [9.17, 15) is 14.7 Å². The van der Waals surface area contributed by atoms with E-state index in [0.29, 0.717) is 13.0 Å². The van der Waals surface area contributed by atoms with Crippen LogP contribution in [0.25, 0.3) is 0 Å². The number of benzene rings is 2. The molecule has 0 aliphatic heterocycles. The highest BCUT2D eigenvalue weighted by Gasteiger charge is 2.24. The molecule has 0 fully saturated rings. The van der Waals surface area contributed by atoms with Gasteiger partial charge in [0.25, 0.3) is 0 Å². The van der Waals surface area contributed by atoms with Gasteiger partial charge in [-0.15, -0.1) is 0 Å². The first-order valence-electron chi connectivity index (χ1n) is 8.55. The lowest BCUT2D eigenvalue weighted by molar-refractivity contribution is -0.138. The van der Waals surface area contributed by atoms with Crippen LogP contribution in [0.2, 0.25) is 0 Å². The summed E-state index contributed by atoms with van der Waals surface area (Å²) in [6.45, 7) is 0.157. The van der Waals surface area contributed by atoms with Gasteiger partial charge in [0, 0.05) is 13.2 Å². The highest BCUT2D eigenvalue weighted by molar-refractivity contribution is 5.82. The number of hydrogen-bond acceptors (Lipinski definition) is 4. The van der Waals surface area contributed by atoms with Crippen molar-refractivity contribution in [1.82, 2.24) is 10.2 Å². The molecule has 138 valence electrons. The number of rotatable bonds is 10. The van der Waals surface area contributed by atoms with Crippen LogP contribution in [0.5, 0.6) is 0 Å². The number of nitrogens with zero attached hydrogens (tertiary/aromatic N) is 1. The van der Waals surface area contributed by atoms with Crippen LogP contribution < -0.4 is 5.32 Å². The molecule has 2 rings (SSSR count). The minimum atomic E-state index is -1.08. The van der Waals surface area contributed by atoms with Gasteiger partial charge in [-0.25, -0.2) is 0 Å². The van der Waals surface area contributed by atoms with E-state index < -0.39 is 12.5 Å². The zero-order valence-electron chi connectivity index (χ0n) is 14.5. The predicted molar refractivity (Wildman–Crippen MR) is 98.6 cm³/mol. The number of carbonyl (C=O) groups is 2. The number of aliphatic carboxylic acids is 1. The summed E-state index contributed by atoms with van der Waals surface area (Å²) in [4.78, 5) is 24.8. The summed E-state index contributed by atoms with van der Waals surface area (Å²) in [5.41, 5.74) is 2.06. The number of aliphatic hydroxyl groups excluding tert-OH is 1. The van der Waals surface area contributed by atoms with Crippen LogP contribution in [-0.4, -0.2) is 53.2 Å². The molecule has 0 saturated carbocycles. The summed E-state index contributed by atoms with van der Waals surface area (Å²) < 4.78 is 0. The molecule has 0 heterocycles. The lowest BCUT2D eigenvalue weighted by atomic mass is 9.96. The third-order valence-electron chi connectivity index (χ3n) is 3.98. The Balaban J connectivity index is 2.29. The highest BCUT2D eigenvalue weighted by Crippen LogP contribution is 2.28. The second kappa shape index (κ2) is 10.3.